The van der Waals surface area contributed by atoms with E-state index in [1.165, 1.54) is 6.07 Å². The average Bonchev–Trinajstić information content (AvgIpc) is 2.48. The van der Waals surface area contributed by atoms with Gasteiger partial charge in [0.05, 0.1) is 7.11 Å². The number of hydrogen-bond donors (Lipinski definition) is 1. The molecule has 2 N–H and O–H groups in total. The van der Waals surface area contributed by atoms with E-state index in [1.54, 1.807) is 19.2 Å². The Hall–Kier alpha value is -2.07. The number of halogens is 1. The topological polar surface area (TPSA) is 44.5 Å². The smallest absolute Gasteiger partial charge is 0.165 e. The lowest BCUT2D eigenvalue weighted by Crippen LogP contribution is -2.19. The molecule has 0 aliphatic carbocycles. The molecular weight excluding hydrogens is 257 g/mol. The molecule has 1 atom stereocenters. The van der Waals surface area contributed by atoms with Crippen molar-refractivity contribution >= 4 is 0 Å². The highest BCUT2D eigenvalue weighted by atomic mass is 19.1. The van der Waals surface area contributed by atoms with E-state index in [4.69, 9.17) is 15.2 Å². The number of rotatable bonds is 5. The predicted octanol–water partition coefficient (Wildman–Crippen LogP) is 3.22. The molecule has 3 nitrogen and oxygen atoms in total. The zero-order valence-electron chi connectivity index (χ0n) is 11.6. The highest BCUT2D eigenvalue weighted by molar-refractivity contribution is 5.32. The van der Waals surface area contributed by atoms with Gasteiger partial charge >= 0.3 is 0 Å². The summed E-state index contributed by atoms with van der Waals surface area (Å²) in [6, 6.07) is 12.1. The Balaban J connectivity index is 2.21. The van der Waals surface area contributed by atoms with E-state index in [9.17, 15) is 4.39 Å². The van der Waals surface area contributed by atoms with Crippen LogP contribution in [0.1, 0.15) is 17.2 Å². The zero-order chi connectivity index (χ0) is 14.5. The number of aryl methyl sites for hydroxylation is 1. The van der Waals surface area contributed by atoms with E-state index in [0.717, 1.165) is 16.9 Å². The fourth-order valence-electron chi connectivity index (χ4n) is 1.92. The fraction of sp³-hybridized carbons (Fsp3) is 0.250. The SMILES string of the molecule is COc1ccc(C(CN)Oc2cc(C)ccc2F)cc1. The summed E-state index contributed by atoms with van der Waals surface area (Å²) >= 11 is 0. The van der Waals surface area contributed by atoms with Crippen LogP contribution in [-0.4, -0.2) is 13.7 Å². The minimum Gasteiger partial charge on any atom is -0.497 e. The number of benzene rings is 2. The van der Waals surface area contributed by atoms with Crippen LogP contribution in [0.25, 0.3) is 0 Å². The summed E-state index contributed by atoms with van der Waals surface area (Å²) in [5, 5.41) is 0. The highest BCUT2D eigenvalue weighted by Gasteiger charge is 2.14. The summed E-state index contributed by atoms with van der Waals surface area (Å²) in [5.41, 5.74) is 7.55. The molecular formula is C16H18FNO2. The molecule has 2 rings (SSSR count). The summed E-state index contributed by atoms with van der Waals surface area (Å²) in [7, 11) is 1.61. The van der Waals surface area contributed by atoms with Crippen molar-refractivity contribution in [1.82, 2.24) is 0 Å². The molecule has 0 bridgehead atoms. The van der Waals surface area contributed by atoms with Gasteiger partial charge in [-0.1, -0.05) is 18.2 Å². The Morgan fingerprint density at radius 3 is 2.45 bits per heavy atom. The Labute approximate surface area is 118 Å². The zero-order valence-corrected chi connectivity index (χ0v) is 11.6. The van der Waals surface area contributed by atoms with Gasteiger partial charge in [-0.25, -0.2) is 4.39 Å². The van der Waals surface area contributed by atoms with Gasteiger partial charge in [0.15, 0.2) is 11.6 Å². The lowest BCUT2D eigenvalue weighted by atomic mass is 10.1. The molecule has 1 unspecified atom stereocenters. The van der Waals surface area contributed by atoms with Crippen molar-refractivity contribution in [2.45, 2.75) is 13.0 Å². The summed E-state index contributed by atoms with van der Waals surface area (Å²) in [4.78, 5) is 0. The minimum absolute atomic E-state index is 0.219. The van der Waals surface area contributed by atoms with Crippen LogP contribution >= 0.6 is 0 Å². The molecule has 4 heteroatoms. The van der Waals surface area contributed by atoms with E-state index in [0.29, 0.717) is 0 Å². The summed E-state index contributed by atoms with van der Waals surface area (Å²) in [5.74, 6) is 0.588. The Kier molecular flexibility index (Phi) is 4.58. The molecule has 0 heterocycles. The Morgan fingerprint density at radius 1 is 1.15 bits per heavy atom. The van der Waals surface area contributed by atoms with Crippen LogP contribution in [-0.2, 0) is 0 Å². The van der Waals surface area contributed by atoms with Gasteiger partial charge in [0, 0.05) is 6.54 Å². The normalized spacial score (nSPS) is 12.0. The van der Waals surface area contributed by atoms with Crippen LogP contribution in [0.2, 0.25) is 0 Å². The highest BCUT2D eigenvalue weighted by Crippen LogP contribution is 2.26. The molecule has 2 aromatic rings. The number of nitrogens with two attached hydrogens (primary N) is 1. The van der Waals surface area contributed by atoms with Crippen molar-refractivity contribution < 1.29 is 13.9 Å². The van der Waals surface area contributed by atoms with Crippen molar-refractivity contribution in [1.29, 1.82) is 0 Å². The van der Waals surface area contributed by atoms with Crippen molar-refractivity contribution in [3.8, 4) is 11.5 Å². The van der Waals surface area contributed by atoms with Crippen molar-refractivity contribution in [3.63, 3.8) is 0 Å². The first kappa shape index (κ1) is 14.3. The molecule has 20 heavy (non-hydrogen) atoms. The number of methoxy groups -OCH3 is 1. The van der Waals surface area contributed by atoms with Crippen LogP contribution in [0.5, 0.6) is 11.5 Å². The standard InChI is InChI=1S/C16H18FNO2/c1-11-3-8-14(17)15(9-11)20-16(10-18)12-4-6-13(19-2)7-5-12/h3-9,16H,10,18H2,1-2H3. The molecule has 0 spiro atoms. The second-order valence-electron chi connectivity index (χ2n) is 4.55. The quantitative estimate of drug-likeness (QED) is 0.911. The number of hydrogen-bond acceptors (Lipinski definition) is 3. The van der Waals surface area contributed by atoms with Gasteiger partial charge in [-0.2, -0.15) is 0 Å². The van der Waals surface area contributed by atoms with Crippen LogP contribution in [0.4, 0.5) is 4.39 Å². The molecule has 0 aromatic heterocycles. The van der Waals surface area contributed by atoms with Crippen LogP contribution in [0.15, 0.2) is 42.5 Å². The van der Waals surface area contributed by atoms with E-state index >= 15 is 0 Å². The lowest BCUT2D eigenvalue weighted by molar-refractivity contribution is 0.204. The van der Waals surface area contributed by atoms with Crippen molar-refractivity contribution in [2.24, 2.45) is 5.73 Å². The summed E-state index contributed by atoms with van der Waals surface area (Å²) in [6.45, 7) is 2.15. The maximum Gasteiger partial charge on any atom is 0.165 e. The van der Waals surface area contributed by atoms with Gasteiger partial charge in [0.25, 0.3) is 0 Å². The monoisotopic (exact) mass is 275 g/mol. The fourth-order valence-corrected chi connectivity index (χ4v) is 1.92. The summed E-state index contributed by atoms with van der Waals surface area (Å²) in [6.07, 6.45) is -0.391. The molecule has 106 valence electrons. The third-order valence-electron chi connectivity index (χ3n) is 3.06. The molecule has 0 radical (unpaired) electrons. The van der Waals surface area contributed by atoms with Crippen LogP contribution in [0, 0.1) is 12.7 Å². The minimum atomic E-state index is -0.391. The molecule has 0 amide bonds. The molecule has 0 saturated heterocycles. The average molecular weight is 275 g/mol. The number of ether oxygens (including phenoxy) is 2. The first-order valence-electron chi connectivity index (χ1n) is 6.41. The third kappa shape index (κ3) is 3.27. The Bertz CT molecular complexity index is 569. The van der Waals surface area contributed by atoms with Gasteiger partial charge < -0.3 is 15.2 Å². The predicted molar refractivity (Wildman–Crippen MR) is 76.6 cm³/mol. The van der Waals surface area contributed by atoms with Crippen molar-refractivity contribution in [2.75, 3.05) is 13.7 Å². The largest absolute Gasteiger partial charge is 0.497 e. The van der Waals surface area contributed by atoms with E-state index in [1.807, 2.05) is 31.2 Å². The van der Waals surface area contributed by atoms with Crippen molar-refractivity contribution in [3.05, 3.63) is 59.4 Å². The van der Waals surface area contributed by atoms with Crippen LogP contribution < -0.4 is 15.2 Å². The van der Waals surface area contributed by atoms with Gasteiger partial charge in [-0.15, -0.1) is 0 Å². The summed E-state index contributed by atoms with van der Waals surface area (Å²) < 4.78 is 24.5. The first-order chi connectivity index (χ1) is 9.63. The van der Waals surface area contributed by atoms with Gasteiger partial charge in [0.2, 0.25) is 0 Å². The van der Waals surface area contributed by atoms with Gasteiger partial charge in [0.1, 0.15) is 11.9 Å². The third-order valence-corrected chi connectivity index (χ3v) is 3.06. The Morgan fingerprint density at radius 2 is 1.85 bits per heavy atom. The first-order valence-corrected chi connectivity index (χ1v) is 6.41. The van der Waals surface area contributed by atoms with E-state index in [2.05, 4.69) is 0 Å². The lowest BCUT2D eigenvalue weighted by Gasteiger charge is -2.19. The second-order valence-corrected chi connectivity index (χ2v) is 4.55. The van der Waals surface area contributed by atoms with E-state index in [-0.39, 0.29) is 18.1 Å². The van der Waals surface area contributed by atoms with Gasteiger partial charge in [-0.05, 0) is 42.3 Å². The van der Waals surface area contributed by atoms with Gasteiger partial charge in [-0.3, -0.25) is 0 Å². The molecule has 0 saturated carbocycles. The second kappa shape index (κ2) is 6.39. The molecule has 0 aliphatic heterocycles. The molecule has 0 aliphatic rings. The molecule has 0 fully saturated rings. The molecule has 2 aromatic carbocycles. The maximum absolute atomic E-state index is 13.7. The van der Waals surface area contributed by atoms with Crippen LogP contribution in [0.3, 0.4) is 0 Å². The van der Waals surface area contributed by atoms with E-state index < -0.39 is 6.10 Å². The maximum atomic E-state index is 13.7.